The Morgan fingerprint density at radius 2 is 1.74 bits per heavy atom. The van der Waals surface area contributed by atoms with Crippen molar-refractivity contribution in [3.8, 4) is 0 Å². The summed E-state index contributed by atoms with van der Waals surface area (Å²) in [6.45, 7) is 6.48. The summed E-state index contributed by atoms with van der Waals surface area (Å²) < 4.78 is 5.78. The van der Waals surface area contributed by atoms with E-state index in [4.69, 9.17) is 10.6 Å². The van der Waals surface area contributed by atoms with Crippen molar-refractivity contribution in [2.75, 3.05) is 7.11 Å². The van der Waals surface area contributed by atoms with Gasteiger partial charge in [-0.25, -0.2) is 0 Å². The molecule has 0 heterocycles. The van der Waals surface area contributed by atoms with Crippen molar-refractivity contribution in [1.29, 1.82) is 0 Å². The van der Waals surface area contributed by atoms with Gasteiger partial charge in [0.1, 0.15) is 0 Å². The van der Waals surface area contributed by atoms with E-state index in [0.717, 1.165) is 19.3 Å². The first-order valence-corrected chi connectivity index (χ1v) is 7.27. The third-order valence-corrected chi connectivity index (χ3v) is 4.15. The summed E-state index contributed by atoms with van der Waals surface area (Å²) >= 11 is 0. The van der Waals surface area contributed by atoms with Gasteiger partial charge in [0.25, 0.3) is 0 Å². The molecule has 0 saturated carbocycles. The summed E-state index contributed by atoms with van der Waals surface area (Å²) in [6.07, 6.45) is 4.14. The summed E-state index contributed by atoms with van der Waals surface area (Å²) in [5, 5.41) is 0. The molecule has 0 radical (unpaired) electrons. The maximum absolute atomic E-state index is 5.78. The number of hydrazine groups is 1. The molecule has 1 rings (SSSR count). The standard InChI is InChI=1S/C16H28N2O/c1-5-8-13-9-11-14(12-10-13)15(18-17)16(6-2,7-3)19-4/h9-12,15,18H,5-8,17H2,1-4H3. The van der Waals surface area contributed by atoms with Crippen molar-refractivity contribution in [3.63, 3.8) is 0 Å². The van der Waals surface area contributed by atoms with Gasteiger partial charge < -0.3 is 4.74 Å². The van der Waals surface area contributed by atoms with Crippen LogP contribution >= 0.6 is 0 Å². The quantitative estimate of drug-likeness (QED) is 0.559. The molecular weight excluding hydrogens is 236 g/mol. The fourth-order valence-corrected chi connectivity index (χ4v) is 2.78. The molecule has 0 amide bonds. The fourth-order valence-electron chi connectivity index (χ4n) is 2.78. The number of methoxy groups -OCH3 is 1. The second-order valence-electron chi connectivity index (χ2n) is 5.07. The van der Waals surface area contributed by atoms with E-state index in [1.54, 1.807) is 7.11 Å². The van der Waals surface area contributed by atoms with Gasteiger partial charge in [-0.05, 0) is 30.4 Å². The van der Waals surface area contributed by atoms with Crippen molar-refractivity contribution in [2.24, 2.45) is 5.84 Å². The lowest BCUT2D eigenvalue weighted by molar-refractivity contribution is -0.0486. The summed E-state index contributed by atoms with van der Waals surface area (Å²) in [6, 6.07) is 8.72. The molecule has 1 unspecified atom stereocenters. The van der Waals surface area contributed by atoms with E-state index in [1.165, 1.54) is 17.5 Å². The van der Waals surface area contributed by atoms with E-state index >= 15 is 0 Å². The van der Waals surface area contributed by atoms with Crippen LogP contribution in [0.2, 0.25) is 0 Å². The summed E-state index contributed by atoms with van der Waals surface area (Å²) in [7, 11) is 1.77. The molecule has 0 aliphatic rings. The van der Waals surface area contributed by atoms with E-state index in [0.29, 0.717) is 0 Å². The molecule has 108 valence electrons. The molecule has 1 aromatic rings. The molecule has 3 nitrogen and oxygen atoms in total. The zero-order valence-electron chi connectivity index (χ0n) is 12.7. The molecule has 1 aromatic carbocycles. The molecule has 0 aliphatic carbocycles. The third-order valence-electron chi connectivity index (χ3n) is 4.15. The lowest BCUT2D eigenvalue weighted by Crippen LogP contribution is -2.47. The molecule has 19 heavy (non-hydrogen) atoms. The van der Waals surface area contributed by atoms with E-state index in [1.807, 2.05) is 0 Å². The number of nitrogens with two attached hydrogens (primary N) is 1. The summed E-state index contributed by atoms with van der Waals surface area (Å²) in [4.78, 5) is 0. The lowest BCUT2D eigenvalue weighted by Gasteiger charge is -2.38. The van der Waals surface area contributed by atoms with Gasteiger partial charge in [-0.3, -0.25) is 11.3 Å². The van der Waals surface area contributed by atoms with Gasteiger partial charge in [-0.1, -0.05) is 51.5 Å². The van der Waals surface area contributed by atoms with Gasteiger partial charge in [0.15, 0.2) is 0 Å². The summed E-state index contributed by atoms with van der Waals surface area (Å²) in [5.41, 5.74) is 5.25. The highest BCUT2D eigenvalue weighted by Crippen LogP contribution is 2.34. The van der Waals surface area contributed by atoms with Crippen molar-refractivity contribution in [2.45, 2.75) is 58.1 Å². The second-order valence-corrected chi connectivity index (χ2v) is 5.07. The van der Waals surface area contributed by atoms with Crippen LogP contribution in [0.25, 0.3) is 0 Å². The smallest absolute Gasteiger partial charge is 0.0880 e. The Balaban J connectivity index is 3.01. The zero-order valence-corrected chi connectivity index (χ0v) is 12.7. The molecule has 3 heteroatoms. The zero-order chi connectivity index (χ0) is 14.3. The van der Waals surface area contributed by atoms with E-state index in [2.05, 4.69) is 50.5 Å². The fraction of sp³-hybridized carbons (Fsp3) is 0.625. The van der Waals surface area contributed by atoms with Crippen LogP contribution in [0.15, 0.2) is 24.3 Å². The minimum absolute atomic E-state index is 0.0168. The largest absolute Gasteiger partial charge is 0.376 e. The Bertz CT molecular complexity index is 349. The predicted octanol–water partition coefficient (Wildman–Crippen LogP) is 3.35. The number of aryl methyl sites for hydroxylation is 1. The molecule has 0 saturated heterocycles. The van der Waals surface area contributed by atoms with Gasteiger partial charge in [-0.2, -0.15) is 0 Å². The summed E-state index contributed by atoms with van der Waals surface area (Å²) in [5.74, 6) is 5.78. The predicted molar refractivity (Wildman–Crippen MR) is 80.8 cm³/mol. The molecule has 0 bridgehead atoms. The molecule has 0 aliphatic heterocycles. The van der Waals surface area contributed by atoms with Crippen LogP contribution in [0.3, 0.4) is 0 Å². The van der Waals surface area contributed by atoms with Crippen LogP contribution in [0.4, 0.5) is 0 Å². The average Bonchev–Trinajstić information content (AvgIpc) is 2.46. The second kappa shape index (κ2) is 7.63. The van der Waals surface area contributed by atoms with E-state index < -0.39 is 0 Å². The van der Waals surface area contributed by atoms with Gasteiger partial charge in [-0.15, -0.1) is 0 Å². The number of rotatable bonds is 8. The van der Waals surface area contributed by atoms with Gasteiger partial charge in [0, 0.05) is 7.11 Å². The number of nitrogens with one attached hydrogen (secondary N) is 1. The highest BCUT2D eigenvalue weighted by molar-refractivity contribution is 5.27. The highest BCUT2D eigenvalue weighted by Gasteiger charge is 2.36. The van der Waals surface area contributed by atoms with Crippen molar-refractivity contribution < 1.29 is 4.74 Å². The Morgan fingerprint density at radius 1 is 1.16 bits per heavy atom. The van der Waals surface area contributed by atoms with Crippen LogP contribution in [0, 0.1) is 0 Å². The number of hydrogen-bond donors (Lipinski definition) is 2. The first-order valence-electron chi connectivity index (χ1n) is 7.27. The van der Waals surface area contributed by atoms with E-state index in [-0.39, 0.29) is 11.6 Å². The van der Waals surface area contributed by atoms with Crippen LogP contribution in [-0.2, 0) is 11.2 Å². The first kappa shape index (κ1) is 16.2. The molecule has 1 atom stereocenters. The van der Waals surface area contributed by atoms with Crippen molar-refractivity contribution in [3.05, 3.63) is 35.4 Å². The number of hydrogen-bond acceptors (Lipinski definition) is 3. The third kappa shape index (κ3) is 3.56. The minimum Gasteiger partial charge on any atom is -0.376 e. The lowest BCUT2D eigenvalue weighted by atomic mass is 9.84. The Hall–Kier alpha value is -0.900. The molecule has 0 aromatic heterocycles. The molecule has 0 spiro atoms. The molecule has 0 fully saturated rings. The monoisotopic (exact) mass is 264 g/mol. The van der Waals surface area contributed by atoms with Crippen molar-refractivity contribution in [1.82, 2.24) is 5.43 Å². The molecular formula is C16H28N2O. The van der Waals surface area contributed by atoms with Gasteiger partial charge >= 0.3 is 0 Å². The van der Waals surface area contributed by atoms with Crippen LogP contribution in [0.5, 0.6) is 0 Å². The van der Waals surface area contributed by atoms with Crippen LogP contribution < -0.4 is 11.3 Å². The van der Waals surface area contributed by atoms with Crippen molar-refractivity contribution >= 4 is 0 Å². The van der Waals surface area contributed by atoms with E-state index in [9.17, 15) is 0 Å². The molecule has 3 N–H and O–H groups in total. The van der Waals surface area contributed by atoms with Crippen LogP contribution in [-0.4, -0.2) is 12.7 Å². The van der Waals surface area contributed by atoms with Gasteiger partial charge in [0.2, 0.25) is 0 Å². The van der Waals surface area contributed by atoms with Crippen LogP contribution in [0.1, 0.15) is 57.2 Å². The number of ether oxygens (including phenoxy) is 1. The Morgan fingerprint density at radius 3 is 2.11 bits per heavy atom. The topological polar surface area (TPSA) is 47.3 Å². The minimum atomic E-state index is -0.249. The highest BCUT2D eigenvalue weighted by atomic mass is 16.5. The Labute approximate surface area is 117 Å². The maximum Gasteiger partial charge on any atom is 0.0880 e. The number of benzene rings is 1. The van der Waals surface area contributed by atoms with Gasteiger partial charge in [0.05, 0.1) is 11.6 Å². The SMILES string of the molecule is CCCc1ccc(C(NN)C(CC)(CC)OC)cc1. The Kier molecular flexibility index (Phi) is 6.49. The maximum atomic E-state index is 5.78. The average molecular weight is 264 g/mol. The first-order chi connectivity index (χ1) is 9.17. The normalized spacial score (nSPS) is 13.5.